The minimum atomic E-state index is -0.842. The number of hydrogen-bond donors (Lipinski definition) is 0. The Labute approximate surface area is 194 Å². The zero-order chi connectivity index (χ0) is 23.2. The highest BCUT2D eigenvalue weighted by Crippen LogP contribution is 2.33. The van der Waals surface area contributed by atoms with Crippen molar-refractivity contribution < 1.29 is 13.5 Å². The number of halogens is 2. The fraction of sp³-hybridized carbons (Fsp3) is 0.200. The molecule has 0 unspecified atom stereocenters. The maximum Gasteiger partial charge on any atom is 0.167 e. The smallest absolute Gasteiger partial charge is 0.167 e. The van der Waals surface area contributed by atoms with Gasteiger partial charge in [-0.2, -0.15) is 0 Å². The van der Waals surface area contributed by atoms with Crippen LogP contribution in [0.2, 0.25) is 0 Å². The molecular formula is C30H28F2O. The van der Waals surface area contributed by atoms with Crippen molar-refractivity contribution in [3.05, 3.63) is 102 Å². The van der Waals surface area contributed by atoms with Gasteiger partial charge in [-0.15, -0.1) is 0 Å². The Hall–Kier alpha value is -3.46. The molecule has 0 spiro atoms. The molecule has 0 aromatic heterocycles. The fourth-order valence-electron chi connectivity index (χ4n) is 3.94. The molecule has 4 aromatic rings. The summed E-state index contributed by atoms with van der Waals surface area (Å²) in [6.07, 6.45) is 3.10. The average Bonchev–Trinajstić information content (AvgIpc) is 2.86. The molecule has 0 radical (unpaired) electrons. The molecular weight excluding hydrogens is 414 g/mol. The van der Waals surface area contributed by atoms with Crippen molar-refractivity contribution >= 4 is 0 Å². The van der Waals surface area contributed by atoms with Crippen molar-refractivity contribution in [2.24, 2.45) is 0 Å². The van der Waals surface area contributed by atoms with Gasteiger partial charge in [-0.25, -0.2) is 8.78 Å². The van der Waals surface area contributed by atoms with Gasteiger partial charge in [0.1, 0.15) is 5.75 Å². The first kappa shape index (κ1) is 22.7. The highest BCUT2D eigenvalue weighted by molar-refractivity contribution is 5.74. The average molecular weight is 443 g/mol. The van der Waals surface area contributed by atoms with Crippen molar-refractivity contribution in [2.75, 3.05) is 6.61 Å². The molecule has 0 aliphatic rings. The fourth-order valence-corrected chi connectivity index (χ4v) is 3.94. The van der Waals surface area contributed by atoms with E-state index in [9.17, 15) is 4.39 Å². The molecule has 1 nitrogen and oxygen atoms in total. The monoisotopic (exact) mass is 442 g/mol. The van der Waals surface area contributed by atoms with Crippen molar-refractivity contribution in [2.45, 2.75) is 33.1 Å². The third-order valence-electron chi connectivity index (χ3n) is 5.74. The molecule has 0 atom stereocenters. The molecule has 3 heteroatoms. The van der Waals surface area contributed by atoms with Crippen molar-refractivity contribution in [3.8, 4) is 39.1 Å². The number of benzene rings is 4. The van der Waals surface area contributed by atoms with Crippen LogP contribution in [-0.4, -0.2) is 6.61 Å². The van der Waals surface area contributed by atoms with Crippen LogP contribution < -0.4 is 4.74 Å². The minimum absolute atomic E-state index is 0.238. The summed E-state index contributed by atoms with van der Waals surface area (Å²) in [4.78, 5) is 0. The maximum atomic E-state index is 15.0. The van der Waals surface area contributed by atoms with Crippen LogP contribution in [0.15, 0.2) is 84.9 Å². The summed E-state index contributed by atoms with van der Waals surface area (Å²) in [5.41, 5.74) is 5.22. The summed E-state index contributed by atoms with van der Waals surface area (Å²) < 4.78 is 35.6. The Balaban J connectivity index is 1.56. The Morgan fingerprint density at radius 3 is 1.48 bits per heavy atom. The zero-order valence-electron chi connectivity index (χ0n) is 19.1. The van der Waals surface area contributed by atoms with Gasteiger partial charge >= 0.3 is 0 Å². The number of hydrogen-bond acceptors (Lipinski definition) is 1. The molecule has 0 amide bonds. The molecule has 0 heterocycles. The Morgan fingerprint density at radius 2 is 1.00 bits per heavy atom. The van der Waals surface area contributed by atoms with Gasteiger partial charge in [-0.05, 0) is 52.8 Å². The first-order chi connectivity index (χ1) is 16.1. The van der Waals surface area contributed by atoms with Crippen LogP contribution in [0.25, 0.3) is 33.4 Å². The highest BCUT2D eigenvalue weighted by Gasteiger charge is 2.16. The SMILES string of the molecule is CCCOc1ccc(-c2ccc(-c3ccc(-c4ccc(CCC)cc4)cc3)c(F)c2F)cc1. The van der Waals surface area contributed by atoms with E-state index in [1.807, 2.05) is 31.2 Å². The Kier molecular flexibility index (Phi) is 7.19. The standard InChI is InChI=1S/C30H28F2O/c1-3-5-21-6-8-22(9-7-21)23-10-12-24(13-11-23)27-18-19-28(30(32)29(27)31)25-14-16-26(17-15-25)33-20-4-2/h6-19H,3-5,20H2,1-2H3. The van der Waals surface area contributed by atoms with E-state index in [2.05, 4.69) is 31.2 Å². The van der Waals surface area contributed by atoms with Gasteiger partial charge in [-0.1, -0.05) is 93.1 Å². The van der Waals surface area contributed by atoms with Crippen molar-refractivity contribution in [1.82, 2.24) is 0 Å². The number of aryl methyl sites for hydroxylation is 1. The zero-order valence-corrected chi connectivity index (χ0v) is 19.1. The molecule has 0 saturated heterocycles. The van der Waals surface area contributed by atoms with Gasteiger partial charge in [0, 0.05) is 11.1 Å². The molecule has 4 rings (SSSR count). The van der Waals surface area contributed by atoms with Gasteiger partial charge in [0.25, 0.3) is 0 Å². The predicted octanol–water partition coefficient (Wildman–Crippen LogP) is 8.71. The number of rotatable bonds is 8. The summed E-state index contributed by atoms with van der Waals surface area (Å²) in [7, 11) is 0. The van der Waals surface area contributed by atoms with Crippen LogP contribution in [0.4, 0.5) is 8.78 Å². The first-order valence-electron chi connectivity index (χ1n) is 11.5. The van der Waals surface area contributed by atoms with E-state index in [0.717, 1.165) is 36.1 Å². The van der Waals surface area contributed by atoms with E-state index in [1.165, 1.54) is 5.56 Å². The second-order valence-corrected chi connectivity index (χ2v) is 8.19. The van der Waals surface area contributed by atoms with Crippen LogP contribution in [-0.2, 0) is 6.42 Å². The summed E-state index contributed by atoms with van der Waals surface area (Å²) >= 11 is 0. The lowest BCUT2D eigenvalue weighted by atomic mass is 9.96. The molecule has 0 fully saturated rings. The minimum Gasteiger partial charge on any atom is -0.494 e. The lowest BCUT2D eigenvalue weighted by Crippen LogP contribution is -1.96. The van der Waals surface area contributed by atoms with E-state index >= 15 is 4.39 Å². The summed E-state index contributed by atoms with van der Waals surface area (Å²) in [5.74, 6) is -0.959. The Morgan fingerprint density at radius 1 is 0.545 bits per heavy atom. The number of ether oxygens (including phenoxy) is 1. The molecule has 0 saturated carbocycles. The van der Waals surface area contributed by atoms with Gasteiger partial charge in [0.05, 0.1) is 6.61 Å². The second kappa shape index (κ2) is 10.4. The molecule has 0 aliphatic heterocycles. The van der Waals surface area contributed by atoms with Crippen LogP contribution in [0, 0.1) is 11.6 Å². The normalized spacial score (nSPS) is 10.9. The molecule has 4 aromatic carbocycles. The largest absolute Gasteiger partial charge is 0.494 e. The van der Waals surface area contributed by atoms with Gasteiger partial charge in [-0.3, -0.25) is 0 Å². The first-order valence-corrected chi connectivity index (χ1v) is 11.5. The second-order valence-electron chi connectivity index (χ2n) is 8.19. The Bertz CT molecular complexity index is 1190. The van der Waals surface area contributed by atoms with Gasteiger partial charge in [0.15, 0.2) is 11.6 Å². The molecule has 168 valence electrons. The van der Waals surface area contributed by atoms with Crippen LogP contribution in [0.5, 0.6) is 5.75 Å². The van der Waals surface area contributed by atoms with Gasteiger partial charge in [0.2, 0.25) is 0 Å². The third kappa shape index (κ3) is 5.14. The van der Waals surface area contributed by atoms with Crippen LogP contribution >= 0.6 is 0 Å². The van der Waals surface area contributed by atoms with E-state index in [1.54, 1.807) is 36.4 Å². The van der Waals surface area contributed by atoms with Gasteiger partial charge < -0.3 is 4.74 Å². The molecule has 0 bridgehead atoms. The van der Waals surface area contributed by atoms with Crippen molar-refractivity contribution in [3.63, 3.8) is 0 Å². The topological polar surface area (TPSA) is 9.23 Å². The molecule has 0 N–H and O–H groups in total. The van der Waals surface area contributed by atoms with Crippen LogP contribution in [0.3, 0.4) is 0 Å². The highest BCUT2D eigenvalue weighted by atomic mass is 19.2. The predicted molar refractivity (Wildman–Crippen MR) is 132 cm³/mol. The lowest BCUT2D eigenvalue weighted by molar-refractivity contribution is 0.317. The van der Waals surface area contributed by atoms with Crippen LogP contribution in [0.1, 0.15) is 32.3 Å². The molecule has 0 aliphatic carbocycles. The maximum absolute atomic E-state index is 15.0. The lowest BCUT2D eigenvalue weighted by Gasteiger charge is -2.11. The molecule has 33 heavy (non-hydrogen) atoms. The summed E-state index contributed by atoms with van der Waals surface area (Å²) in [6.45, 7) is 4.83. The van der Waals surface area contributed by atoms with E-state index in [0.29, 0.717) is 17.7 Å². The van der Waals surface area contributed by atoms with E-state index in [-0.39, 0.29) is 11.1 Å². The van der Waals surface area contributed by atoms with Crippen molar-refractivity contribution in [1.29, 1.82) is 0 Å². The van der Waals surface area contributed by atoms with E-state index in [4.69, 9.17) is 4.74 Å². The summed E-state index contributed by atoms with van der Waals surface area (Å²) in [6, 6.07) is 26.4. The summed E-state index contributed by atoms with van der Waals surface area (Å²) in [5, 5.41) is 0. The van der Waals surface area contributed by atoms with E-state index < -0.39 is 11.6 Å². The quantitative estimate of drug-likeness (QED) is 0.265. The third-order valence-corrected chi connectivity index (χ3v) is 5.74.